The van der Waals surface area contributed by atoms with Crippen LogP contribution in [0.4, 0.5) is 18.9 Å². The number of carbonyl (C=O) groups is 1. The molecule has 0 heterocycles. The van der Waals surface area contributed by atoms with E-state index < -0.39 is 17.6 Å². The van der Waals surface area contributed by atoms with Crippen molar-refractivity contribution >= 4 is 23.2 Å². The third-order valence-electron chi connectivity index (χ3n) is 2.34. The topological polar surface area (TPSA) is 64.9 Å². The van der Waals surface area contributed by atoms with Crippen LogP contribution in [0.1, 0.15) is 5.56 Å². The van der Waals surface area contributed by atoms with Crippen LogP contribution in [-0.4, -0.2) is 18.3 Å². The second-order valence-electron chi connectivity index (χ2n) is 3.83. The van der Waals surface area contributed by atoms with Gasteiger partial charge in [0.05, 0.1) is 5.56 Å². The molecular formula is C13H11ClF3N3O. The van der Waals surface area contributed by atoms with Gasteiger partial charge in [0.15, 0.2) is 0 Å². The number of alkyl halides is 4. The molecule has 0 aromatic heterocycles. The molecule has 0 saturated carbocycles. The number of halogens is 4. The molecule has 2 N–H and O–H groups in total. The third kappa shape index (κ3) is 5.36. The van der Waals surface area contributed by atoms with E-state index in [1.54, 1.807) is 6.07 Å². The number of carbonyl (C=O) groups excluding carboxylic acids is 1. The predicted octanol–water partition coefficient (Wildman–Crippen LogP) is 2.88. The number of rotatable bonds is 5. The van der Waals surface area contributed by atoms with E-state index in [0.29, 0.717) is 5.69 Å². The second-order valence-corrected chi connectivity index (χ2v) is 4.21. The maximum absolute atomic E-state index is 12.4. The van der Waals surface area contributed by atoms with E-state index in [-0.39, 0.29) is 18.0 Å². The molecule has 0 aliphatic heterocycles. The molecule has 1 rings (SSSR count). The second kappa shape index (κ2) is 7.55. The number of nitrogens with zero attached hydrogens (tertiary/aromatic N) is 1. The summed E-state index contributed by atoms with van der Waals surface area (Å²) in [5.74, 6) is -0.408. The van der Waals surface area contributed by atoms with Crippen molar-refractivity contribution in [2.75, 3.05) is 17.7 Å². The van der Waals surface area contributed by atoms with Gasteiger partial charge in [-0.15, -0.1) is 11.6 Å². The summed E-state index contributed by atoms with van der Waals surface area (Å²) in [5.41, 5.74) is -0.668. The van der Waals surface area contributed by atoms with Gasteiger partial charge in [0.25, 0.3) is 5.91 Å². The highest BCUT2D eigenvalue weighted by Crippen LogP contribution is 2.29. The lowest BCUT2D eigenvalue weighted by atomic mass is 10.2. The summed E-state index contributed by atoms with van der Waals surface area (Å²) in [4.78, 5) is 11.5. The Bertz CT molecular complexity index is 562. The highest BCUT2D eigenvalue weighted by Gasteiger charge is 2.29. The van der Waals surface area contributed by atoms with Gasteiger partial charge in [-0.3, -0.25) is 4.79 Å². The molecule has 0 saturated heterocycles. The lowest BCUT2D eigenvalue weighted by molar-refractivity contribution is -0.137. The van der Waals surface area contributed by atoms with Crippen LogP contribution >= 0.6 is 11.6 Å². The van der Waals surface area contributed by atoms with Gasteiger partial charge in [0.2, 0.25) is 0 Å². The van der Waals surface area contributed by atoms with Crippen LogP contribution in [0.5, 0.6) is 0 Å². The van der Waals surface area contributed by atoms with Gasteiger partial charge in [-0.25, -0.2) is 0 Å². The van der Waals surface area contributed by atoms with Crippen molar-refractivity contribution in [3.05, 3.63) is 41.6 Å². The molecule has 0 aliphatic carbocycles. The molecule has 0 bridgehead atoms. The maximum Gasteiger partial charge on any atom is 0.416 e. The molecule has 21 heavy (non-hydrogen) atoms. The quantitative estimate of drug-likeness (QED) is 0.498. The molecule has 1 amide bonds. The average molecular weight is 318 g/mol. The Morgan fingerprint density at radius 2 is 1.95 bits per heavy atom. The van der Waals surface area contributed by atoms with Crippen molar-refractivity contribution < 1.29 is 18.0 Å². The Labute approximate surface area is 124 Å². The summed E-state index contributed by atoms with van der Waals surface area (Å²) in [6.07, 6.45) is -3.29. The van der Waals surface area contributed by atoms with Gasteiger partial charge >= 0.3 is 6.18 Å². The summed E-state index contributed by atoms with van der Waals surface area (Å²) >= 11 is 5.39. The zero-order valence-electron chi connectivity index (χ0n) is 10.7. The van der Waals surface area contributed by atoms with Gasteiger partial charge in [-0.1, -0.05) is 0 Å². The maximum atomic E-state index is 12.4. The molecule has 4 nitrogen and oxygen atoms in total. The molecule has 0 unspecified atom stereocenters. The number of anilines is 1. The summed E-state index contributed by atoms with van der Waals surface area (Å²) in [7, 11) is 0. The lowest BCUT2D eigenvalue weighted by Crippen LogP contribution is -2.26. The van der Waals surface area contributed by atoms with Crippen molar-refractivity contribution in [2.24, 2.45) is 0 Å². The molecule has 0 spiro atoms. The van der Waals surface area contributed by atoms with Crippen LogP contribution in [0.3, 0.4) is 0 Å². The van der Waals surface area contributed by atoms with E-state index in [1.165, 1.54) is 12.1 Å². The SMILES string of the molecule is N#C/C(=C/Nc1ccc(C(F)(F)F)cc1)C(=O)NCCCl. The molecule has 0 aliphatic rings. The lowest BCUT2D eigenvalue weighted by Gasteiger charge is -2.07. The van der Waals surface area contributed by atoms with Crippen molar-refractivity contribution in [3.8, 4) is 6.07 Å². The molecule has 0 fully saturated rings. The molecule has 1 aromatic carbocycles. The molecular weight excluding hydrogens is 307 g/mol. The number of benzene rings is 1. The smallest absolute Gasteiger partial charge is 0.360 e. The van der Waals surface area contributed by atoms with E-state index in [4.69, 9.17) is 16.9 Å². The van der Waals surface area contributed by atoms with E-state index in [0.717, 1.165) is 18.3 Å². The first kappa shape index (κ1) is 16.9. The fourth-order valence-corrected chi connectivity index (χ4v) is 1.41. The summed E-state index contributed by atoms with van der Waals surface area (Å²) in [5, 5.41) is 13.8. The van der Waals surface area contributed by atoms with Crippen LogP contribution in [0, 0.1) is 11.3 Å². The third-order valence-corrected chi connectivity index (χ3v) is 2.53. The zero-order chi connectivity index (χ0) is 15.9. The Morgan fingerprint density at radius 3 is 2.43 bits per heavy atom. The number of hydrogen-bond acceptors (Lipinski definition) is 3. The van der Waals surface area contributed by atoms with Crippen molar-refractivity contribution in [1.29, 1.82) is 5.26 Å². The standard InChI is InChI=1S/C13H11ClF3N3O/c14-5-6-19-12(21)9(7-18)8-20-11-3-1-10(2-4-11)13(15,16)17/h1-4,8,20H,5-6H2,(H,19,21)/b9-8-. The average Bonchev–Trinajstić information content (AvgIpc) is 2.45. The number of nitriles is 1. The Morgan fingerprint density at radius 1 is 1.33 bits per heavy atom. The minimum absolute atomic E-state index is 0.205. The van der Waals surface area contributed by atoms with E-state index >= 15 is 0 Å². The summed E-state index contributed by atoms with van der Waals surface area (Å²) in [6, 6.07) is 5.88. The van der Waals surface area contributed by atoms with E-state index in [9.17, 15) is 18.0 Å². The molecule has 0 radical (unpaired) electrons. The van der Waals surface area contributed by atoms with Gasteiger partial charge in [0.1, 0.15) is 11.6 Å². The molecule has 8 heteroatoms. The van der Waals surface area contributed by atoms with Crippen LogP contribution in [-0.2, 0) is 11.0 Å². The number of nitrogens with one attached hydrogen (secondary N) is 2. The number of hydrogen-bond donors (Lipinski definition) is 2. The summed E-state index contributed by atoms with van der Waals surface area (Å²) in [6.45, 7) is 0.208. The first-order valence-electron chi connectivity index (χ1n) is 5.76. The fraction of sp³-hybridized carbons (Fsp3) is 0.231. The van der Waals surface area contributed by atoms with Gasteiger partial charge in [-0.05, 0) is 24.3 Å². The van der Waals surface area contributed by atoms with Crippen LogP contribution in [0.15, 0.2) is 36.0 Å². The highest BCUT2D eigenvalue weighted by molar-refractivity contribution is 6.18. The van der Waals surface area contributed by atoms with Crippen molar-refractivity contribution in [3.63, 3.8) is 0 Å². The largest absolute Gasteiger partial charge is 0.416 e. The van der Waals surface area contributed by atoms with Crippen LogP contribution in [0.2, 0.25) is 0 Å². The first-order chi connectivity index (χ1) is 9.88. The van der Waals surface area contributed by atoms with Crippen LogP contribution < -0.4 is 10.6 Å². The first-order valence-corrected chi connectivity index (χ1v) is 6.30. The Kier molecular flexibility index (Phi) is 6.06. The minimum atomic E-state index is -4.41. The Hall–Kier alpha value is -2.20. The molecule has 1 aromatic rings. The zero-order valence-corrected chi connectivity index (χ0v) is 11.4. The van der Waals surface area contributed by atoms with E-state index in [2.05, 4.69) is 10.6 Å². The molecule has 112 valence electrons. The fourth-order valence-electron chi connectivity index (χ4n) is 1.32. The molecule has 0 atom stereocenters. The normalized spacial score (nSPS) is 11.7. The summed E-state index contributed by atoms with van der Waals surface area (Å²) < 4.78 is 37.1. The predicted molar refractivity (Wildman–Crippen MR) is 72.5 cm³/mol. The van der Waals surface area contributed by atoms with Gasteiger partial charge < -0.3 is 10.6 Å². The highest BCUT2D eigenvalue weighted by atomic mass is 35.5. The van der Waals surface area contributed by atoms with Crippen molar-refractivity contribution in [1.82, 2.24) is 5.32 Å². The van der Waals surface area contributed by atoms with Crippen molar-refractivity contribution in [2.45, 2.75) is 6.18 Å². The minimum Gasteiger partial charge on any atom is -0.360 e. The van der Waals surface area contributed by atoms with E-state index in [1.807, 2.05) is 0 Å². The van der Waals surface area contributed by atoms with Crippen LogP contribution in [0.25, 0.3) is 0 Å². The van der Waals surface area contributed by atoms with Gasteiger partial charge in [-0.2, -0.15) is 18.4 Å². The van der Waals surface area contributed by atoms with Gasteiger partial charge in [0, 0.05) is 24.3 Å². The number of amides is 1. The Balaban J connectivity index is 2.74. The monoisotopic (exact) mass is 317 g/mol.